The first-order chi connectivity index (χ1) is 9.61. The zero-order valence-corrected chi connectivity index (χ0v) is 13.3. The van der Waals surface area contributed by atoms with Crippen LogP contribution in [0.3, 0.4) is 0 Å². The Hall–Kier alpha value is -1.23. The number of nitrogens with one attached hydrogen (secondary N) is 2. The Kier molecular flexibility index (Phi) is 8.11. The third kappa shape index (κ3) is 7.38. The van der Waals surface area contributed by atoms with Gasteiger partial charge in [0.25, 0.3) is 0 Å². The van der Waals surface area contributed by atoms with Crippen LogP contribution in [0, 0.1) is 11.7 Å². The van der Waals surface area contributed by atoms with Crippen LogP contribution in [0.4, 0.5) is 4.39 Å². The molecule has 1 aromatic rings. The summed E-state index contributed by atoms with van der Waals surface area (Å²) in [6, 6.07) is 6.63. The van der Waals surface area contributed by atoms with Crippen molar-refractivity contribution in [1.29, 1.82) is 0 Å². The van der Waals surface area contributed by atoms with Crippen LogP contribution in [-0.2, 0) is 0 Å². The second kappa shape index (κ2) is 9.64. The minimum Gasteiger partial charge on any atom is -0.356 e. The highest BCUT2D eigenvalue weighted by atomic mass is 32.2. The molecule has 0 aliphatic heterocycles. The normalized spacial score (nSPS) is 11.8. The molecular weight excluding hydrogens is 273 g/mol. The van der Waals surface area contributed by atoms with Crippen LogP contribution in [0.5, 0.6) is 0 Å². The van der Waals surface area contributed by atoms with Crippen molar-refractivity contribution in [3.05, 3.63) is 30.1 Å². The SMILES string of the molecule is CN=C(NCCCSc1ccc(F)cc1)NCC(C)C. The number of hydrogen-bond acceptors (Lipinski definition) is 2. The monoisotopic (exact) mass is 297 g/mol. The highest BCUT2D eigenvalue weighted by Gasteiger charge is 1.99. The Morgan fingerprint density at radius 3 is 2.55 bits per heavy atom. The zero-order chi connectivity index (χ0) is 14.8. The summed E-state index contributed by atoms with van der Waals surface area (Å²) in [5.41, 5.74) is 0. The highest BCUT2D eigenvalue weighted by Crippen LogP contribution is 2.18. The van der Waals surface area contributed by atoms with E-state index in [1.807, 2.05) is 12.1 Å². The fourth-order valence-corrected chi connectivity index (χ4v) is 2.37. The molecule has 112 valence electrons. The maximum absolute atomic E-state index is 12.7. The van der Waals surface area contributed by atoms with Crippen LogP contribution in [-0.4, -0.2) is 31.8 Å². The van der Waals surface area contributed by atoms with Crippen LogP contribution < -0.4 is 10.6 Å². The minimum absolute atomic E-state index is 0.184. The standard InChI is InChI=1S/C15H24FN3S/c1-12(2)11-19-15(17-3)18-9-4-10-20-14-7-5-13(16)6-8-14/h5-8,12H,4,9-11H2,1-3H3,(H2,17,18,19). The highest BCUT2D eigenvalue weighted by molar-refractivity contribution is 7.99. The van der Waals surface area contributed by atoms with Gasteiger partial charge in [0.15, 0.2) is 5.96 Å². The van der Waals surface area contributed by atoms with Gasteiger partial charge in [0.05, 0.1) is 0 Å². The summed E-state index contributed by atoms with van der Waals surface area (Å²) < 4.78 is 12.7. The van der Waals surface area contributed by atoms with Crippen LogP contribution >= 0.6 is 11.8 Å². The Morgan fingerprint density at radius 1 is 1.25 bits per heavy atom. The molecule has 0 unspecified atom stereocenters. The maximum Gasteiger partial charge on any atom is 0.190 e. The van der Waals surface area contributed by atoms with Gasteiger partial charge < -0.3 is 10.6 Å². The van der Waals surface area contributed by atoms with E-state index in [0.29, 0.717) is 5.92 Å². The van der Waals surface area contributed by atoms with Crippen molar-refractivity contribution in [2.24, 2.45) is 10.9 Å². The fraction of sp³-hybridized carbons (Fsp3) is 0.533. The van der Waals surface area contributed by atoms with Crippen molar-refractivity contribution in [2.75, 3.05) is 25.9 Å². The summed E-state index contributed by atoms with van der Waals surface area (Å²) in [4.78, 5) is 5.28. The van der Waals surface area contributed by atoms with E-state index in [4.69, 9.17) is 0 Å². The van der Waals surface area contributed by atoms with Crippen LogP contribution in [0.1, 0.15) is 20.3 Å². The molecule has 2 N–H and O–H groups in total. The molecule has 0 saturated carbocycles. The summed E-state index contributed by atoms with van der Waals surface area (Å²) in [5, 5.41) is 6.56. The van der Waals surface area contributed by atoms with Gasteiger partial charge in [0.1, 0.15) is 5.82 Å². The number of benzene rings is 1. The minimum atomic E-state index is -0.184. The van der Waals surface area contributed by atoms with Gasteiger partial charge in [0.2, 0.25) is 0 Å². The smallest absolute Gasteiger partial charge is 0.190 e. The van der Waals surface area contributed by atoms with Crippen molar-refractivity contribution in [2.45, 2.75) is 25.2 Å². The Bertz CT molecular complexity index is 404. The molecular formula is C15H24FN3S. The Balaban J connectivity index is 2.13. The van der Waals surface area contributed by atoms with Gasteiger partial charge in [-0.1, -0.05) is 13.8 Å². The van der Waals surface area contributed by atoms with Crippen molar-refractivity contribution in [1.82, 2.24) is 10.6 Å². The number of guanidine groups is 1. The molecule has 5 heteroatoms. The molecule has 20 heavy (non-hydrogen) atoms. The second-order valence-electron chi connectivity index (χ2n) is 4.93. The largest absolute Gasteiger partial charge is 0.356 e. The number of aliphatic imine (C=N–C) groups is 1. The predicted molar refractivity (Wildman–Crippen MR) is 85.9 cm³/mol. The average Bonchev–Trinajstić information content (AvgIpc) is 2.43. The molecule has 0 spiro atoms. The number of rotatable bonds is 7. The average molecular weight is 297 g/mol. The fourth-order valence-electron chi connectivity index (χ4n) is 1.52. The predicted octanol–water partition coefficient (Wildman–Crippen LogP) is 3.13. The summed E-state index contributed by atoms with van der Waals surface area (Å²) >= 11 is 1.74. The maximum atomic E-state index is 12.7. The molecule has 0 heterocycles. The number of nitrogens with zero attached hydrogens (tertiary/aromatic N) is 1. The number of hydrogen-bond donors (Lipinski definition) is 2. The Morgan fingerprint density at radius 2 is 1.95 bits per heavy atom. The molecule has 0 radical (unpaired) electrons. The first-order valence-corrected chi connectivity index (χ1v) is 7.93. The van der Waals surface area contributed by atoms with Crippen molar-refractivity contribution >= 4 is 17.7 Å². The van der Waals surface area contributed by atoms with E-state index in [0.717, 1.165) is 36.1 Å². The lowest BCUT2D eigenvalue weighted by Gasteiger charge is -2.13. The van der Waals surface area contributed by atoms with E-state index in [-0.39, 0.29) is 5.82 Å². The molecule has 0 fully saturated rings. The third-order valence-electron chi connectivity index (χ3n) is 2.60. The molecule has 0 saturated heterocycles. The molecule has 0 atom stereocenters. The quantitative estimate of drug-likeness (QED) is 0.351. The van der Waals surface area contributed by atoms with Crippen molar-refractivity contribution in [3.63, 3.8) is 0 Å². The van der Waals surface area contributed by atoms with E-state index < -0.39 is 0 Å². The van der Waals surface area contributed by atoms with Gasteiger partial charge in [-0.25, -0.2) is 4.39 Å². The van der Waals surface area contributed by atoms with E-state index >= 15 is 0 Å². The topological polar surface area (TPSA) is 36.4 Å². The van der Waals surface area contributed by atoms with Crippen LogP contribution in [0.2, 0.25) is 0 Å². The zero-order valence-electron chi connectivity index (χ0n) is 12.4. The van der Waals surface area contributed by atoms with Gasteiger partial charge in [-0.15, -0.1) is 11.8 Å². The number of halogens is 1. The molecule has 1 aromatic carbocycles. The lowest BCUT2D eigenvalue weighted by Crippen LogP contribution is -2.39. The number of thioether (sulfide) groups is 1. The molecule has 1 rings (SSSR count). The summed E-state index contributed by atoms with van der Waals surface area (Å²) in [6.45, 7) is 6.13. The molecule has 3 nitrogen and oxygen atoms in total. The van der Waals surface area contributed by atoms with Gasteiger partial charge in [0, 0.05) is 25.0 Å². The lowest BCUT2D eigenvalue weighted by molar-refractivity contribution is 0.614. The summed E-state index contributed by atoms with van der Waals surface area (Å²) in [5.74, 6) is 2.27. The van der Waals surface area contributed by atoms with Crippen LogP contribution in [0.25, 0.3) is 0 Å². The van der Waals surface area contributed by atoms with Gasteiger partial charge in [-0.2, -0.15) is 0 Å². The van der Waals surface area contributed by atoms with E-state index in [2.05, 4.69) is 29.5 Å². The second-order valence-corrected chi connectivity index (χ2v) is 6.10. The molecule has 0 aromatic heterocycles. The van der Waals surface area contributed by atoms with E-state index in [9.17, 15) is 4.39 Å². The van der Waals surface area contributed by atoms with Gasteiger partial charge >= 0.3 is 0 Å². The van der Waals surface area contributed by atoms with Gasteiger partial charge in [-0.05, 0) is 42.4 Å². The molecule has 0 aliphatic carbocycles. The van der Waals surface area contributed by atoms with Gasteiger partial charge in [-0.3, -0.25) is 4.99 Å². The van der Waals surface area contributed by atoms with Crippen molar-refractivity contribution < 1.29 is 4.39 Å². The first-order valence-electron chi connectivity index (χ1n) is 6.94. The third-order valence-corrected chi connectivity index (χ3v) is 3.70. The molecule has 0 bridgehead atoms. The molecule has 0 aliphatic rings. The first kappa shape index (κ1) is 16.8. The summed E-state index contributed by atoms with van der Waals surface area (Å²) in [7, 11) is 1.78. The van der Waals surface area contributed by atoms with Crippen molar-refractivity contribution in [3.8, 4) is 0 Å². The van der Waals surface area contributed by atoms with Crippen LogP contribution in [0.15, 0.2) is 34.2 Å². The lowest BCUT2D eigenvalue weighted by atomic mass is 10.2. The Labute approximate surface area is 125 Å². The summed E-state index contributed by atoms with van der Waals surface area (Å²) in [6.07, 6.45) is 1.03. The molecule has 0 amide bonds. The van der Waals surface area contributed by atoms with E-state index in [1.165, 1.54) is 12.1 Å². The van der Waals surface area contributed by atoms with E-state index in [1.54, 1.807) is 18.8 Å².